The average Bonchev–Trinajstić information content (AvgIpc) is 2.50. The van der Waals surface area contributed by atoms with Crippen LogP contribution in [0.4, 0.5) is 19.0 Å². The largest absolute Gasteiger partial charge is 0.453 e. The Morgan fingerprint density at radius 3 is 2.71 bits per heavy atom. The smallest absolute Gasteiger partial charge is 0.382 e. The summed E-state index contributed by atoms with van der Waals surface area (Å²) in [4.78, 5) is 3.17. The summed E-state index contributed by atoms with van der Waals surface area (Å²) in [5, 5.41) is 3.27. The molecule has 0 aromatic carbocycles. The van der Waals surface area contributed by atoms with Crippen LogP contribution in [0.3, 0.4) is 0 Å². The number of alkyl halides is 3. The molecule has 0 amide bonds. The molecule has 14 heavy (non-hydrogen) atoms. The molecule has 0 bridgehead atoms. The van der Waals surface area contributed by atoms with Crippen molar-refractivity contribution in [3.8, 4) is 0 Å². The van der Waals surface area contributed by atoms with Crippen LogP contribution in [0.5, 0.6) is 0 Å². The zero-order valence-electron chi connectivity index (χ0n) is 6.78. The van der Waals surface area contributed by atoms with Crippen molar-refractivity contribution in [1.82, 2.24) is 14.6 Å². The van der Waals surface area contributed by atoms with Crippen molar-refractivity contribution >= 4 is 11.3 Å². The summed E-state index contributed by atoms with van der Waals surface area (Å²) < 4.78 is 37.7. The van der Waals surface area contributed by atoms with Gasteiger partial charge in [0, 0.05) is 6.20 Å². The summed E-state index contributed by atoms with van der Waals surface area (Å²) in [6, 6.07) is 3.08. The molecule has 2 N–H and O–H groups in total. The molecule has 74 valence electrons. The van der Waals surface area contributed by atoms with Gasteiger partial charge in [-0.1, -0.05) is 0 Å². The molecule has 0 unspecified atom stereocenters. The van der Waals surface area contributed by atoms with Crippen LogP contribution < -0.4 is 5.73 Å². The summed E-state index contributed by atoms with van der Waals surface area (Å²) in [7, 11) is 0. The number of rotatable bonds is 0. The molecule has 4 nitrogen and oxygen atoms in total. The standard InChI is InChI=1S/C7H5F3N4/c8-7(9,10)6-12-5(11)4-2-1-3-14(4)13-6/h1-3H,(H2,11,12,13). The third kappa shape index (κ3) is 1.26. The van der Waals surface area contributed by atoms with Gasteiger partial charge in [-0.15, -0.1) is 5.10 Å². The number of hydrogen-bond donors (Lipinski definition) is 1. The second-order valence-electron chi connectivity index (χ2n) is 2.66. The average molecular weight is 202 g/mol. The van der Waals surface area contributed by atoms with Crippen molar-refractivity contribution in [3.63, 3.8) is 0 Å². The molecule has 0 fully saturated rings. The first-order valence-corrected chi connectivity index (χ1v) is 3.66. The number of nitrogen functional groups attached to an aromatic ring is 1. The van der Waals surface area contributed by atoms with Crippen LogP contribution in [0, 0.1) is 0 Å². The van der Waals surface area contributed by atoms with E-state index < -0.39 is 12.0 Å². The molecular weight excluding hydrogens is 197 g/mol. The number of halogens is 3. The fourth-order valence-electron chi connectivity index (χ4n) is 1.08. The monoisotopic (exact) mass is 202 g/mol. The first-order valence-electron chi connectivity index (χ1n) is 3.66. The van der Waals surface area contributed by atoms with E-state index in [0.29, 0.717) is 5.52 Å². The molecule has 0 radical (unpaired) electrons. The Bertz CT molecular complexity index is 473. The zero-order chi connectivity index (χ0) is 10.3. The number of anilines is 1. The zero-order valence-corrected chi connectivity index (χ0v) is 6.78. The van der Waals surface area contributed by atoms with E-state index in [1.807, 2.05) is 0 Å². The van der Waals surface area contributed by atoms with E-state index in [1.165, 1.54) is 12.3 Å². The van der Waals surface area contributed by atoms with E-state index in [9.17, 15) is 13.2 Å². The van der Waals surface area contributed by atoms with Gasteiger partial charge < -0.3 is 5.73 Å². The predicted molar refractivity (Wildman–Crippen MR) is 42.4 cm³/mol. The maximum absolute atomic E-state index is 12.2. The molecule has 7 heteroatoms. The van der Waals surface area contributed by atoms with E-state index in [2.05, 4.69) is 10.1 Å². The fraction of sp³-hybridized carbons (Fsp3) is 0.143. The van der Waals surface area contributed by atoms with Gasteiger partial charge >= 0.3 is 6.18 Å². The van der Waals surface area contributed by atoms with Crippen LogP contribution in [0.25, 0.3) is 5.52 Å². The van der Waals surface area contributed by atoms with E-state index >= 15 is 0 Å². The molecule has 0 aliphatic rings. The minimum atomic E-state index is -4.58. The molecule has 0 aliphatic heterocycles. The number of aromatic nitrogens is 3. The van der Waals surface area contributed by atoms with E-state index in [1.54, 1.807) is 6.07 Å². The summed E-state index contributed by atoms with van der Waals surface area (Å²) >= 11 is 0. The van der Waals surface area contributed by atoms with Gasteiger partial charge in [-0.2, -0.15) is 13.2 Å². The Labute approximate surface area is 76.2 Å². The number of nitrogens with zero attached hydrogens (tertiary/aromatic N) is 3. The molecule has 0 saturated heterocycles. The Morgan fingerprint density at radius 2 is 2.07 bits per heavy atom. The van der Waals surface area contributed by atoms with Crippen LogP contribution in [0.1, 0.15) is 5.82 Å². The van der Waals surface area contributed by atoms with Crippen LogP contribution in [-0.4, -0.2) is 14.6 Å². The lowest BCUT2D eigenvalue weighted by Crippen LogP contribution is -2.15. The highest BCUT2D eigenvalue weighted by atomic mass is 19.4. The van der Waals surface area contributed by atoms with Crippen molar-refractivity contribution in [2.75, 3.05) is 5.73 Å². The highest BCUT2D eigenvalue weighted by molar-refractivity contribution is 5.64. The summed E-state index contributed by atoms with van der Waals surface area (Å²) in [6.45, 7) is 0. The number of nitrogens with two attached hydrogens (primary N) is 1. The molecule has 0 atom stereocenters. The fourth-order valence-corrected chi connectivity index (χ4v) is 1.08. The third-order valence-electron chi connectivity index (χ3n) is 1.67. The SMILES string of the molecule is Nc1nc(C(F)(F)F)nn2cccc12. The molecule has 0 saturated carbocycles. The highest BCUT2D eigenvalue weighted by Gasteiger charge is 2.35. The van der Waals surface area contributed by atoms with Gasteiger partial charge in [0.1, 0.15) is 5.52 Å². The molecular formula is C7H5F3N4. The first kappa shape index (κ1) is 8.79. The molecule has 0 aliphatic carbocycles. The minimum absolute atomic E-state index is 0.183. The lowest BCUT2D eigenvalue weighted by atomic mass is 10.5. The van der Waals surface area contributed by atoms with Gasteiger partial charge in [0.05, 0.1) is 0 Å². The van der Waals surface area contributed by atoms with Crippen LogP contribution in [0.15, 0.2) is 18.3 Å². The maximum atomic E-state index is 12.2. The number of fused-ring (bicyclic) bond motifs is 1. The predicted octanol–water partition coefficient (Wildman–Crippen LogP) is 1.33. The molecule has 2 aromatic heterocycles. The Morgan fingerprint density at radius 1 is 1.36 bits per heavy atom. The van der Waals surface area contributed by atoms with Gasteiger partial charge in [0.15, 0.2) is 5.82 Å². The van der Waals surface area contributed by atoms with E-state index in [-0.39, 0.29) is 5.82 Å². The second kappa shape index (κ2) is 2.60. The summed E-state index contributed by atoms with van der Waals surface area (Å²) in [5.41, 5.74) is 5.69. The third-order valence-corrected chi connectivity index (χ3v) is 1.67. The summed E-state index contributed by atoms with van der Waals surface area (Å²) in [5.74, 6) is -1.42. The quantitative estimate of drug-likeness (QED) is 0.701. The minimum Gasteiger partial charge on any atom is -0.382 e. The van der Waals surface area contributed by atoms with Crippen molar-refractivity contribution < 1.29 is 13.2 Å². The topological polar surface area (TPSA) is 56.2 Å². The lowest BCUT2D eigenvalue weighted by molar-refractivity contribution is -0.145. The molecule has 2 heterocycles. The van der Waals surface area contributed by atoms with Gasteiger partial charge in [0.25, 0.3) is 5.82 Å². The molecule has 0 spiro atoms. The summed E-state index contributed by atoms with van der Waals surface area (Å²) in [6.07, 6.45) is -3.20. The molecule has 2 aromatic rings. The van der Waals surface area contributed by atoms with E-state index in [4.69, 9.17) is 5.73 Å². The van der Waals surface area contributed by atoms with Crippen LogP contribution >= 0.6 is 0 Å². The van der Waals surface area contributed by atoms with Crippen LogP contribution in [0.2, 0.25) is 0 Å². The van der Waals surface area contributed by atoms with Gasteiger partial charge in [-0.05, 0) is 12.1 Å². The van der Waals surface area contributed by atoms with Crippen molar-refractivity contribution in [3.05, 3.63) is 24.2 Å². The van der Waals surface area contributed by atoms with E-state index in [0.717, 1.165) is 4.52 Å². The first-order chi connectivity index (χ1) is 6.48. The molecule has 2 rings (SSSR count). The highest BCUT2D eigenvalue weighted by Crippen LogP contribution is 2.26. The number of hydrogen-bond acceptors (Lipinski definition) is 3. The Kier molecular flexibility index (Phi) is 1.63. The normalized spacial score (nSPS) is 12.2. The van der Waals surface area contributed by atoms with Crippen molar-refractivity contribution in [1.29, 1.82) is 0 Å². The van der Waals surface area contributed by atoms with Gasteiger partial charge in [0.2, 0.25) is 0 Å². The van der Waals surface area contributed by atoms with Crippen molar-refractivity contribution in [2.24, 2.45) is 0 Å². The Hall–Kier alpha value is -1.79. The lowest BCUT2D eigenvalue weighted by Gasteiger charge is -2.06. The van der Waals surface area contributed by atoms with Gasteiger partial charge in [-0.25, -0.2) is 9.50 Å². The second-order valence-corrected chi connectivity index (χ2v) is 2.66. The van der Waals surface area contributed by atoms with Crippen LogP contribution in [-0.2, 0) is 6.18 Å². The van der Waals surface area contributed by atoms with Crippen molar-refractivity contribution in [2.45, 2.75) is 6.18 Å². The maximum Gasteiger partial charge on any atom is 0.453 e. The van der Waals surface area contributed by atoms with Gasteiger partial charge in [-0.3, -0.25) is 0 Å². The Balaban J connectivity index is 2.70.